The number of likely N-dealkylation sites (N-methyl/N-ethyl adjacent to an activating group) is 1. The number of amidine groups is 2. The molecule has 0 aromatic heterocycles. The Hall–Kier alpha value is -2.94. The number of carbonyl (C=O) groups excluding carboxylic acids is 1. The van der Waals surface area contributed by atoms with Gasteiger partial charge in [0.15, 0.2) is 11.7 Å². The summed E-state index contributed by atoms with van der Waals surface area (Å²) in [6.45, 7) is 5.67. The highest BCUT2D eigenvalue weighted by molar-refractivity contribution is 7.83. The quantitative estimate of drug-likeness (QED) is 0.350. The normalized spacial score (nSPS) is 18.2. The molecule has 1 aliphatic heterocycles. The van der Waals surface area contributed by atoms with Gasteiger partial charge in [-0.1, -0.05) is 50.3 Å². The van der Waals surface area contributed by atoms with Crippen LogP contribution >= 0.6 is 0 Å². The number of amides is 1. The molecule has 0 saturated carbocycles. The van der Waals surface area contributed by atoms with E-state index in [1.165, 1.54) is 4.90 Å². The number of allylic oxidation sites excluding steroid dienone is 1. The second-order valence-electron chi connectivity index (χ2n) is 6.92. The predicted molar refractivity (Wildman–Crippen MR) is 121 cm³/mol. The minimum Gasteiger partial charge on any atom is -0.505 e. The number of benzene rings is 1. The number of hydrogen-bond acceptors (Lipinski definition) is 5. The Morgan fingerprint density at radius 3 is 2.40 bits per heavy atom. The first kappa shape index (κ1) is 23.3. The van der Waals surface area contributed by atoms with Gasteiger partial charge in [-0.25, -0.2) is 4.21 Å². The van der Waals surface area contributed by atoms with Crippen molar-refractivity contribution in [2.45, 2.75) is 39.7 Å². The number of carbonyl (C=O) groups is 1. The molecular formula is C21H29N5O3S. The van der Waals surface area contributed by atoms with Crippen molar-refractivity contribution in [3.8, 4) is 0 Å². The van der Waals surface area contributed by atoms with Gasteiger partial charge >= 0.3 is 0 Å². The highest BCUT2D eigenvalue weighted by Gasteiger charge is 2.25. The molecule has 162 valence electrons. The standard InChI is InChI=1S/C21H29N5O3S/c1-6-11-17(18(27)16(7-2)21(28)26(4)5)23-20-19(24-30(29)25-20)22-14(3)15-12-9-8-10-13-15/h8-14,27H,6-7H2,1-5H3,(H,22,24)(H,23,25)/b17-11+,18-16-/t14-,30?/m1/s1. The molecule has 9 heteroatoms. The second-order valence-corrected chi connectivity index (χ2v) is 7.75. The van der Waals surface area contributed by atoms with Crippen LogP contribution in [-0.4, -0.2) is 45.9 Å². The molecule has 0 fully saturated rings. The molecule has 0 saturated heterocycles. The fraction of sp³-hybridized carbons (Fsp3) is 0.381. The lowest BCUT2D eigenvalue weighted by Gasteiger charge is -2.19. The Morgan fingerprint density at radius 1 is 1.20 bits per heavy atom. The van der Waals surface area contributed by atoms with Crippen molar-refractivity contribution < 1.29 is 14.1 Å². The molecular weight excluding hydrogens is 402 g/mol. The van der Waals surface area contributed by atoms with Gasteiger partial charge in [0.05, 0.1) is 17.3 Å². The average molecular weight is 432 g/mol. The summed E-state index contributed by atoms with van der Waals surface area (Å²) in [7, 11) is 3.26. The Balaban J connectivity index is 2.28. The number of hydrogen-bond donors (Lipinski definition) is 3. The molecule has 0 aliphatic carbocycles. The minimum atomic E-state index is -1.77. The Morgan fingerprint density at radius 2 is 1.83 bits per heavy atom. The van der Waals surface area contributed by atoms with E-state index in [2.05, 4.69) is 19.4 Å². The fourth-order valence-corrected chi connectivity index (χ4v) is 3.49. The number of aliphatic hydroxyl groups excluding tert-OH is 1. The van der Waals surface area contributed by atoms with Crippen molar-refractivity contribution >= 4 is 28.8 Å². The van der Waals surface area contributed by atoms with Crippen LogP contribution in [0.25, 0.3) is 0 Å². The van der Waals surface area contributed by atoms with E-state index in [1.807, 2.05) is 44.2 Å². The van der Waals surface area contributed by atoms with Gasteiger partial charge < -0.3 is 20.6 Å². The molecule has 1 amide bonds. The summed E-state index contributed by atoms with van der Waals surface area (Å²) in [5, 5.41) is 17.0. The maximum atomic E-state index is 12.4. The molecule has 30 heavy (non-hydrogen) atoms. The minimum absolute atomic E-state index is 0.101. The Kier molecular flexibility index (Phi) is 8.35. The van der Waals surface area contributed by atoms with Crippen LogP contribution < -0.4 is 10.6 Å². The van der Waals surface area contributed by atoms with Crippen molar-refractivity contribution in [1.82, 2.24) is 15.5 Å². The lowest BCUT2D eigenvalue weighted by atomic mass is 10.1. The molecule has 1 unspecified atom stereocenters. The molecule has 0 radical (unpaired) electrons. The van der Waals surface area contributed by atoms with Crippen LogP contribution in [0.3, 0.4) is 0 Å². The van der Waals surface area contributed by atoms with Crippen LogP contribution in [0.1, 0.15) is 45.2 Å². The molecule has 8 nitrogen and oxygen atoms in total. The summed E-state index contributed by atoms with van der Waals surface area (Å²) in [5.41, 5.74) is 1.63. The van der Waals surface area contributed by atoms with Gasteiger partial charge in [-0.3, -0.25) is 4.79 Å². The van der Waals surface area contributed by atoms with Crippen LogP contribution in [0.2, 0.25) is 0 Å². The van der Waals surface area contributed by atoms with Gasteiger partial charge in [0.25, 0.3) is 17.1 Å². The second kappa shape index (κ2) is 10.7. The Bertz CT molecular complexity index is 920. The van der Waals surface area contributed by atoms with E-state index in [4.69, 9.17) is 0 Å². The molecule has 1 aliphatic rings. The predicted octanol–water partition coefficient (Wildman–Crippen LogP) is 2.92. The maximum absolute atomic E-state index is 12.4. The van der Waals surface area contributed by atoms with Crippen LogP contribution in [0, 0.1) is 0 Å². The van der Waals surface area contributed by atoms with Crippen molar-refractivity contribution in [1.29, 1.82) is 0 Å². The summed E-state index contributed by atoms with van der Waals surface area (Å²) in [5.74, 6) is 0.140. The van der Waals surface area contributed by atoms with E-state index >= 15 is 0 Å². The fourth-order valence-electron chi connectivity index (χ4n) is 2.86. The SMILES string of the molecule is CC/C=C(NC1=NS(=O)N=C1N[C@H](C)c1ccccc1)\C(O)=C(/CC)C(=O)N(C)C. The van der Waals surface area contributed by atoms with Gasteiger partial charge in [-0.15, -0.1) is 8.80 Å². The van der Waals surface area contributed by atoms with Crippen molar-refractivity contribution in [3.63, 3.8) is 0 Å². The highest BCUT2D eigenvalue weighted by Crippen LogP contribution is 2.18. The molecule has 1 heterocycles. The van der Waals surface area contributed by atoms with Crippen LogP contribution in [0.5, 0.6) is 0 Å². The molecule has 0 bridgehead atoms. The molecule has 1 aromatic rings. The van der Waals surface area contributed by atoms with Crippen molar-refractivity contribution in [2.24, 2.45) is 8.80 Å². The first-order valence-electron chi connectivity index (χ1n) is 9.80. The van der Waals surface area contributed by atoms with Crippen LogP contribution in [0.15, 0.2) is 62.2 Å². The third-order valence-electron chi connectivity index (χ3n) is 4.44. The zero-order chi connectivity index (χ0) is 22.3. The average Bonchev–Trinajstić information content (AvgIpc) is 3.07. The maximum Gasteiger partial charge on any atom is 0.269 e. The smallest absolute Gasteiger partial charge is 0.269 e. The molecule has 2 atom stereocenters. The largest absolute Gasteiger partial charge is 0.505 e. The van der Waals surface area contributed by atoms with Gasteiger partial charge in [0, 0.05) is 14.1 Å². The van der Waals surface area contributed by atoms with Gasteiger partial charge in [0.2, 0.25) is 0 Å². The summed E-state index contributed by atoms with van der Waals surface area (Å²) < 4.78 is 20.1. The summed E-state index contributed by atoms with van der Waals surface area (Å²) in [6, 6.07) is 9.67. The number of nitrogens with zero attached hydrogens (tertiary/aromatic N) is 3. The summed E-state index contributed by atoms with van der Waals surface area (Å²) in [4.78, 5) is 13.8. The molecule has 2 rings (SSSR count). The lowest BCUT2D eigenvalue weighted by Crippen LogP contribution is -2.40. The number of aliphatic hydroxyl groups is 1. The number of nitrogens with one attached hydrogen (secondary N) is 2. The van der Waals surface area contributed by atoms with Gasteiger partial charge in [-0.05, 0) is 25.3 Å². The third kappa shape index (κ3) is 5.79. The van der Waals surface area contributed by atoms with Crippen molar-refractivity contribution in [3.05, 3.63) is 59.0 Å². The first-order valence-corrected chi connectivity index (χ1v) is 10.9. The van der Waals surface area contributed by atoms with E-state index in [0.717, 1.165) is 5.56 Å². The van der Waals surface area contributed by atoms with E-state index < -0.39 is 11.2 Å². The zero-order valence-electron chi connectivity index (χ0n) is 18.0. The summed E-state index contributed by atoms with van der Waals surface area (Å²) >= 11 is -1.77. The van der Waals surface area contributed by atoms with E-state index in [-0.39, 0.29) is 29.1 Å². The Labute approximate surface area is 180 Å². The topological polar surface area (TPSA) is 106 Å². The molecule has 1 aromatic carbocycles. The first-order chi connectivity index (χ1) is 14.3. The molecule has 3 N–H and O–H groups in total. The van der Waals surface area contributed by atoms with E-state index in [1.54, 1.807) is 27.1 Å². The molecule has 0 spiro atoms. The van der Waals surface area contributed by atoms with E-state index in [9.17, 15) is 14.1 Å². The monoisotopic (exact) mass is 431 g/mol. The highest BCUT2D eigenvalue weighted by atomic mass is 32.2. The van der Waals surface area contributed by atoms with Crippen molar-refractivity contribution in [2.75, 3.05) is 14.1 Å². The number of rotatable bonds is 7. The van der Waals surface area contributed by atoms with Crippen LogP contribution in [-0.2, 0) is 16.0 Å². The van der Waals surface area contributed by atoms with Gasteiger partial charge in [-0.2, -0.15) is 0 Å². The summed E-state index contributed by atoms with van der Waals surface area (Å²) in [6.07, 6.45) is 2.71. The lowest BCUT2D eigenvalue weighted by molar-refractivity contribution is -0.125. The van der Waals surface area contributed by atoms with Crippen LogP contribution in [0.4, 0.5) is 0 Å². The van der Waals surface area contributed by atoms with Gasteiger partial charge in [0.1, 0.15) is 5.76 Å². The zero-order valence-corrected chi connectivity index (χ0v) is 18.8. The van der Waals surface area contributed by atoms with E-state index in [0.29, 0.717) is 24.4 Å². The third-order valence-corrected chi connectivity index (χ3v) is 5.11.